The van der Waals surface area contributed by atoms with Crippen LogP contribution in [0.2, 0.25) is 0 Å². The Morgan fingerprint density at radius 2 is 2.21 bits per heavy atom. The number of morpholine rings is 1. The number of anilines is 1. The van der Waals surface area contributed by atoms with E-state index in [9.17, 15) is 18.8 Å². The van der Waals surface area contributed by atoms with Crippen molar-refractivity contribution in [3.8, 4) is 0 Å². The number of amides is 2. The fourth-order valence-electron chi connectivity index (χ4n) is 3.12. The van der Waals surface area contributed by atoms with Crippen molar-refractivity contribution < 1.29 is 28.6 Å². The monoisotopic (exact) mass is 336 g/mol. The van der Waals surface area contributed by atoms with Gasteiger partial charge in [-0.15, -0.1) is 0 Å². The van der Waals surface area contributed by atoms with Crippen molar-refractivity contribution >= 4 is 23.5 Å². The number of carbonyl (C=O) groups is 3. The van der Waals surface area contributed by atoms with Gasteiger partial charge in [0.05, 0.1) is 25.0 Å². The van der Waals surface area contributed by atoms with Crippen LogP contribution in [0, 0.1) is 5.82 Å². The minimum atomic E-state index is -0.993. The molecule has 2 unspecified atom stereocenters. The third kappa shape index (κ3) is 3.38. The highest BCUT2D eigenvalue weighted by molar-refractivity contribution is 6.01. The standard InChI is InChI=1S/C16H17FN2O5/c17-9-1-2-11-12(7-14(20)18-13(11)5-9)16(23)19-3-4-24-10(8-19)6-15(21)22/h1-2,5,10,12H,3-4,6-8H2,(H,18,20)(H,21,22). The molecule has 1 aromatic carbocycles. The predicted molar refractivity (Wildman–Crippen MR) is 81.0 cm³/mol. The maximum absolute atomic E-state index is 13.4. The molecule has 1 saturated heterocycles. The van der Waals surface area contributed by atoms with Gasteiger partial charge in [0, 0.05) is 25.2 Å². The van der Waals surface area contributed by atoms with Crippen molar-refractivity contribution in [2.24, 2.45) is 0 Å². The Balaban J connectivity index is 1.80. The van der Waals surface area contributed by atoms with Gasteiger partial charge in [-0.3, -0.25) is 14.4 Å². The van der Waals surface area contributed by atoms with E-state index in [4.69, 9.17) is 9.84 Å². The molecule has 0 spiro atoms. The second kappa shape index (κ2) is 6.56. The zero-order valence-electron chi connectivity index (χ0n) is 12.8. The van der Waals surface area contributed by atoms with Crippen LogP contribution in [0.3, 0.4) is 0 Å². The molecule has 8 heteroatoms. The third-order valence-corrected chi connectivity index (χ3v) is 4.21. The van der Waals surface area contributed by atoms with Gasteiger partial charge in [0.25, 0.3) is 0 Å². The fourth-order valence-corrected chi connectivity index (χ4v) is 3.12. The van der Waals surface area contributed by atoms with E-state index in [-0.39, 0.29) is 37.8 Å². The Bertz CT molecular complexity index is 693. The number of benzene rings is 1. The van der Waals surface area contributed by atoms with Crippen LogP contribution in [0.4, 0.5) is 10.1 Å². The SMILES string of the molecule is O=C(O)CC1CN(C(=O)C2CC(=O)Nc3cc(F)ccc32)CCO1. The number of nitrogens with one attached hydrogen (secondary N) is 1. The van der Waals surface area contributed by atoms with Crippen LogP contribution in [-0.2, 0) is 19.1 Å². The van der Waals surface area contributed by atoms with Crippen molar-refractivity contribution in [1.82, 2.24) is 4.90 Å². The first-order chi connectivity index (χ1) is 11.4. The van der Waals surface area contributed by atoms with Gasteiger partial charge in [0.15, 0.2) is 0 Å². The van der Waals surface area contributed by atoms with E-state index in [0.717, 1.165) is 0 Å². The second-order valence-corrected chi connectivity index (χ2v) is 5.91. The van der Waals surface area contributed by atoms with Crippen molar-refractivity contribution in [3.05, 3.63) is 29.6 Å². The molecular weight excluding hydrogens is 319 g/mol. The van der Waals surface area contributed by atoms with E-state index in [1.807, 2.05) is 0 Å². The number of carboxylic acids is 1. The highest BCUT2D eigenvalue weighted by Gasteiger charge is 2.36. The summed E-state index contributed by atoms with van der Waals surface area (Å²) in [7, 11) is 0. The maximum atomic E-state index is 13.4. The summed E-state index contributed by atoms with van der Waals surface area (Å²) in [6.45, 7) is 0.752. The Morgan fingerprint density at radius 1 is 1.42 bits per heavy atom. The van der Waals surface area contributed by atoms with Gasteiger partial charge in [0.2, 0.25) is 11.8 Å². The molecule has 24 heavy (non-hydrogen) atoms. The zero-order chi connectivity index (χ0) is 17.3. The zero-order valence-corrected chi connectivity index (χ0v) is 12.8. The average molecular weight is 336 g/mol. The minimum absolute atomic E-state index is 0.0155. The molecule has 0 aromatic heterocycles. The summed E-state index contributed by atoms with van der Waals surface area (Å²) in [6, 6.07) is 3.95. The van der Waals surface area contributed by atoms with E-state index in [1.165, 1.54) is 23.1 Å². The number of carboxylic acid groups (broad SMARTS) is 1. The maximum Gasteiger partial charge on any atom is 0.306 e. The van der Waals surface area contributed by atoms with Crippen molar-refractivity contribution in [2.75, 3.05) is 25.0 Å². The van der Waals surface area contributed by atoms with Gasteiger partial charge in [-0.2, -0.15) is 0 Å². The molecule has 0 bridgehead atoms. The molecule has 2 aliphatic rings. The molecule has 2 aliphatic heterocycles. The number of hydrogen-bond donors (Lipinski definition) is 2. The van der Waals surface area contributed by atoms with Crippen LogP contribution >= 0.6 is 0 Å². The van der Waals surface area contributed by atoms with Gasteiger partial charge in [-0.1, -0.05) is 6.07 Å². The summed E-state index contributed by atoms with van der Waals surface area (Å²) in [5.41, 5.74) is 0.877. The van der Waals surface area contributed by atoms with Crippen LogP contribution < -0.4 is 5.32 Å². The minimum Gasteiger partial charge on any atom is -0.481 e. The van der Waals surface area contributed by atoms with Crippen LogP contribution in [0.15, 0.2) is 18.2 Å². The van der Waals surface area contributed by atoms with Crippen LogP contribution in [0.5, 0.6) is 0 Å². The summed E-state index contributed by atoms with van der Waals surface area (Å²) in [4.78, 5) is 37.0. The highest BCUT2D eigenvalue weighted by Crippen LogP contribution is 2.34. The molecule has 2 amide bonds. The van der Waals surface area contributed by atoms with Gasteiger partial charge in [-0.25, -0.2) is 4.39 Å². The molecule has 0 saturated carbocycles. The van der Waals surface area contributed by atoms with E-state index in [2.05, 4.69) is 5.32 Å². The molecule has 7 nitrogen and oxygen atoms in total. The predicted octanol–water partition coefficient (Wildman–Crippen LogP) is 0.954. The Kier molecular flexibility index (Phi) is 4.48. The number of halogens is 1. The molecule has 0 radical (unpaired) electrons. The molecule has 1 aromatic rings. The first-order valence-electron chi connectivity index (χ1n) is 7.65. The summed E-state index contributed by atoms with van der Waals surface area (Å²) >= 11 is 0. The lowest BCUT2D eigenvalue weighted by molar-refractivity contribution is -0.148. The lowest BCUT2D eigenvalue weighted by atomic mass is 9.89. The second-order valence-electron chi connectivity index (χ2n) is 5.91. The largest absolute Gasteiger partial charge is 0.481 e. The normalized spacial score (nSPS) is 23.4. The van der Waals surface area contributed by atoms with E-state index in [0.29, 0.717) is 17.8 Å². The van der Waals surface area contributed by atoms with E-state index < -0.39 is 23.8 Å². The summed E-state index contributed by atoms with van der Waals surface area (Å²) < 4.78 is 18.7. The highest BCUT2D eigenvalue weighted by atomic mass is 19.1. The summed E-state index contributed by atoms with van der Waals surface area (Å²) in [6.07, 6.45) is -0.764. The summed E-state index contributed by atoms with van der Waals surface area (Å²) in [5.74, 6) is -2.79. The molecule has 1 fully saturated rings. The number of ether oxygens (including phenoxy) is 1. The molecule has 0 aliphatic carbocycles. The number of hydrogen-bond acceptors (Lipinski definition) is 4. The van der Waals surface area contributed by atoms with Crippen LogP contribution in [-0.4, -0.2) is 53.6 Å². The van der Waals surface area contributed by atoms with Gasteiger partial charge >= 0.3 is 5.97 Å². The lowest BCUT2D eigenvalue weighted by Gasteiger charge is -2.36. The number of carbonyl (C=O) groups excluding carboxylic acids is 2. The first kappa shape index (κ1) is 16.4. The first-order valence-corrected chi connectivity index (χ1v) is 7.65. The van der Waals surface area contributed by atoms with E-state index in [1.54, 1.807) is 0 Å². The van der Waals surface area contributed by atoms with Crippen molar-refractivity contribution in [3.63, 3.8) is 0 Å². The topological polar surface area (TPSA) is 95.9 Å². The van der Waals surface area contributed by atoms with Crippen molar-refractivity contribution in [2.45, 2.75) is 24.9 Å². The number of nitrogens with zero attached hydrogens (tertiary/aromatic N) is 1. The van der Waals surface area contributed by atoms with Gasteiger partial charge < -0.3 is 20.1 Å². The quantitative estimate of drug-likeness (QED) is 0.857. The smallest absolute Gasteiger partial charge is 0.306 e. The molecular formula is C16H17FN2O5. The van der Waals surface area contributed by atoms with Gasteiger partial charge in [-0.05, 0) is 17.7 Å². The number of aliphatic carboxylic acids is 1. The Morgan fingerprint density at radius 3 is 2.96 bits per heavy atom. The lowest BCUT2D eigenvalue weighted by Crippen LogP contribution is -2.48. The van der Waals surface area contributed by atoms with E-state index >= 15 is 0 Å². The number of fused-ring (bicyclic) bond motifs is 1. The molecule has 2 heterocycles. The van der Waals surface area contributed by atoms with Crippen molar-refractivity contribution in [1.29, 1.82) is 0 Å². The Labute approximate surface area is 137 Å². The fraction of sp³-hybridized carbons (Fsp3) is 0.438. The third-order valence-electron chi connectivity index (χ3n) is 4.21. The molecule has 128 valence electrons. The Hall–Kier alpha value is -2.48. The van der Waals surface area contributed by atoms with Crippen LogP contribution in [0.25, 0.3) is 0 Å². The molecule has 3 rings (SSSR count). The van der Waals surface area contributed by atoms with Gasteiger partial charge in [0.1, 0.15) is 5.82 Å². The molecule has 2 N–H and O–H groups in total. The number of rotatable bonds is 3. The molecule has 2 atom stereocenters. The summed E-state index contributed by atoms with van der Waals surface area (Å²) in [5, 5.41) is 11.4. The average Bonchev–Trinajstić information content (AvgIpc) is 2.52. The van der Waals surface area contributed by atoms with Crippen LogP contribution in [0.1, 0.15) is 24.3 Å².